The van der Waals surface area contributed by atoms with Gasteiger partial charge in [-0.15, -0.1) is 0 Å². The van der Waals surface area contributed by atoms with Crippen molar-refractivity contribution in [2.45, 2.75) is 19.0 Å². The summed E-state index contributed by atoms with van der Waals surface area (Å²) in [4.78, 5) is 28.0. The van der Waals surface area contributed by atoms with Gasteiger partial charge in [-0.25, -0.2) is 15.0 Å². The molecule has 0 unspecified atom stereocenters. The van der Waals surface area contributed by atoms with E-state index in [9.17, 15) is 4.79 Å². The summed E-state index contributed by atoms with van der Waals surface area (Å²) in [5.41, 5.74) is 1.99. The van der Waals surface area contributed by atoms with Crippen LogP contribution in [0.1, 0.15) is 21.9 Å². The monoisotopic (exact) mass is 246 g/mol. The minimum atomic E-state index is -0.205. The normalized spacial score (nSPS) is 10.2. The van der Waals surface area contributed by atoms with Gasteiger partial charge in [0.05, 0.1) is 6.20 Å². The van der Waals surface area contributed by atoms with E-state index in [4.69, 9.17) is 0 Å². The Morgan fingerprint density at radius 2 is 1.88 bits per heavy atom. The lowest BCUT2D eigenvalue weighted by Crippen LogP contribution is -2.00. The molecule has 2 aromatic heterocycles. The van der Waals surface area contributed by atoms with Crippen molar-refractivity contribution in [2.75, 3.05) is 0 Å². The minimum absolute atomic E-state index is 0.205. The van der Waals surface area contributed by atoms with E-state index in [1.807, 2.05) is 19.9 Å². The van der Waals surface area contributed by atoms with Crippen LogP contribution in [0.25, 0.3) is 0 Å². The van der Waals surface area contributed by atoms with Crippen molar-refractivity contribution in [3.05, 3.63) is 41.7 Å². The maximum Gasteiger partial charge on any atom is 0.247 e. The van der Waals surface area contributed by atoms with E-state index in [0.717, 1.165) is 23.1 Å². The molecule has 17 heavy (non-hydrogen) atoms. The third kappa shape index (κ3) is 3.07. The molecule has 0 radical (unpaired) electrons. The molecule has 0 spiro atoms. The smallest absolute Gasteiger partial charge is 0.247 e. The fourth-order valence-corrected chi connectivity index (χ4v) is 2.03. The van der Waals surface area contributed by atoms with Crippen LogP contribution in [0.4, 0.5) is 0 Å². The van der Waals surface area contributed by atoms with Crippen LogP contribution >= 0.6 is 11.8 Å². The number of rotatable bonds is 2. The predicted octanol–water partition coefficient (Wildman–Crippen LogP) is 1.82. The SMILES string of the molecule is Cc1cc(C)nc(SC(=O)c2cnccn2)n1. The van der Waals surface area contributed by atoms with Crippen molar-refractivity contribution in [2.24, 2.45) is 0 Å². The Labute approximate surface area is 103 Å². The molecule has 0 aliphatic heterocycles. The Hall–Kier alpha value is -1.82. The lowest BCUT2D eigenvalue weighted by Gasteiger charge is -2.01. The van der Waals surface area contributed by atoms with Gasteiger partial charge in [0.25, 0.3) is 0 Å². The highest BCUT2D eigenvalue weighted by Crippen LogP contribution is 2.18. The zero-order valence-corrected chi connectivity index (χ0v) is 10.2. The van der Waals surface area contributed by atoms with Crippen LogP contribution in [-0.2, 0) is 0 Å². The van der Waals surface area contributed by atoms with Gasteiger partial charge in [-0.2, -0.15) is 0 Å². The van der Waals surface area contributed by atoms with Crippen LogP contribution in [-0.4, -0.2) is 25.1 Å². The molecule has 0 amide bonds. The average molecular weight is 246 g/mol. The van der Waals surface area contributed by atoms with E-state index in [0.29, 0.717) is 10.9 Å². The lowest BCUT2D eigenvalue weighted by molar-refractivity contribution is 0.108. The molecule has 86 valence electrons. The Morgan fingerprint density at radius 3 is 2.47 bits per heavy atom. The van der Waals surface area contributed by atoms with Crippen LogP contribution in [0, 0.1) is 13.8 Å². The molecule has 0 saturated carbocycles. The lowest BCUT2D eigenvalue weighted by atomic mass is 10.4. The maximum atomic E-state index is 11.8. The van der Waals surface area contributed by atoms with Crippen LogP contribution in [0.15, 0.2) is 29.8 Å². The summed E-state index contributed by atoms with van der Waals surface area (Å²) in [5.74, 6) is 0. The molecule has 5 nitrogen and oxygen atoms in total. The first kappa shape index (κ1) is 11.7. The van der Waals surface area contributed by atoms with Gasteiger partial charge >= 0.3 is 0 Å². The quantitative estimate of drug-likeness (QED) is 0.594. The fourth-order valence-electron chi connectivity index (χ4n) is 1.28. The summed E-state index contributed by atoms with van der Waals surface area (Å²) < 4.78 is 0. The summed E-state index contributed by atoms with van der Waals surface area (Å²) in [6.07, 6.45) is 4.43. The van der Waals surface area contributed by atoms with Crippen molar-refractivity contribution in [3.8, 4) is 0 Å². The summed E-state index contributed by atoms with van der Waals surface area (Å²) in [5, 5.41) is 0.237. The maximum absolute atomic E-state index is 11.8. The number of carbonyl (C=O) groups excluding carboxylic acids is 1. The Bertz CT molecular complexity index is 524. The number of aryl methyl sites for hydroxylation is 2. The number of carbonyl (C=O) groups is 1. The molecule has 2 heterocycles. The van der Waals surface area contributed by atoms with Crippen molar-refractivity contribution < 1.29 is 4.79 Å². The standard InChI is InChI=1S/C11H10N4OS/c1-7-5-8(2)15-11(14-7)17-10(16)9-6-12-3-4-13-9/h3-6H,1-2H3. The first-order valence-electron chi connectivity index (χ1n) is 4.95. The second kappa shape index (κ2) is 5.01. The molecule has 0 N–H and O–H groups in total. The third-order valence-corrected chi connectivity index (χ3v) is 2.68. The summed E-state index contributed by atoms with van der Waals surface area (Å²) in [6.45, 7) is 3.73. The Morgan fingerprint density at radius 1 is 1.18 bits per heavy atom. The topological polar surface area (TPSA) is 68.6 Å². The van der Waals surface area contributed by atoms with Gasteiger partial charge in [0, 0.05) is 23.8 Å². The number of aromatic nitrogens is 4. The van der Waals surface area contributed by atoms with Gasteiger partial charge < -0.3 is 0 Å². The van der Waals surface area contributed by atoms with E-state index < -0.39 is 0 Å². The van der Waals surface area contributed by atoms with E-state index in [1.54, 1.807) is 0 Å². The van der Waals surface area contributed by atoms with Crippen LogP contribution < -0.4 is 0 Å². The average Bonchev–Trinajstić information content (AvgIpc) is 2.28. The van der Waals surface area contributed by atoms with E-state index in [-0.39, 0.29) is 5.12 Å². The number of thioether (sulfide) groups is 1. The first-order chi connectivity index (χ1) is 8.15. The molecule has 0 aliphatic rings. The third-order valence-electron chi connectivity index (χ3n) is 1.92. The molecule has 0 bridgehead atoms. The Kier molecular flexibility index (Phi) is 3.43. The summed E-state index contributed by atoms with van der Waals surface area (Å²) >= 11 is 0.961. The zero-order valence-electron chi connectivity index (χ0n) is 9.41. The Balaban J connectivity index is 2.19. The first-order valence-corrected chi connectivity index (χ1v) is 5.77. The van der Waals surface area contributed by atoms with Gasteiger partial charge in [-0.3, -0.25) is 9.78 Å². The fraction of sp³-hybridized carbons (Fsp3) is 0.182. The molecule has 0 saturated heterocycles. The van der Waals surface area contributed by atoms with Crippen LogP contribution in [0.3, 0.4) is 0 Å². The molecule has 2 rings (SSSR count). The molecule has 6 heteroatoms. The van der Waals surface area contributed by atoms with Crippen molar-refractivity contribution in [3.63, 3.8) is 0 Å². The van der Waals surface area contributed by atoms with Crippen molar-refractivity contribution in [1.29, 1.82) is 0 Å². The summed E-state index contributed by atoms with van der Waals surface area (Å²) in [7, 11) is 0. The molecular formula is C11H10N4OS. The molecule has 0 aromatic carbocycles. The van der Waals surface area contributed by atoms with Crippen molar-refractivity contribution in [1.82, 2.24) is 19.9 Å². The number of hydrogen-bond donors (Lipinski definition) is 0. The van der Waals surface area contributed by atoms with Crippen molar-refractivity contribution >= 4 is 16.9 Å². The predicted molar refractivity (Wildman–Crippen MR) is 63.7 cm³/mol. The van der Waals surface area contributed by atoms with Crippen LogP contribution in [0.2, 0.25) is 0 Å². The van der Waals surface area contributed by atoms with Crippen LogP contribution in [0.5, 0.6) is 0 Å². The van der Waals surface area contributed by atoms with Gasteiger partial charge in [0.15, 0.2) is 5.16 Å². The van der Waals surface area contributed by atoms with Gasteiger partial charge in [-0.1, -0.05) is 0 Å². The minimum Gasteiger partial charge on any atom is -0.279 e. The van der Waals surface area contributed by atoms with E-state index in [1.165, 1.54) is 18.6 Å². The molecule has 0 fully saturated rings. The molecular weight excluding hydrogens is 236 g/mol. The number of nitrogens with zero attached hydrogens (tertiary/aromatic N) is 4. The largest absolute Gasteiger partial charge is 0.279 e. The highest BCUT2D eigenvalue weighted by molar-refractivity contribution is 8.14. The molecule has 0 aliphatic carbocycles. The van der Waals surface area contributed by atoms with Gasteiger partial charge in [0.1, 0.15) is 5.69 Å². The summed E-state index contributed by atoms with van der Waals surface area (Å²) in [6, 6.07) is 1.86. The second-order valence-corrected chi connectivity index (χ2v) is 4.35. The highest BCUT2D eigenvalue weighted by Gasteiger charge is 2.12. The van der Waals surface area contributed by atoms with E-state index in [2.05, 4.69) is 19.9 Å². The number of hydrogen-bond acceptors (Lipinski definition) is 6. The van der Waals surface area contributed by atoms with E-state index >= 15 is 0 Å². The van der Waals surface area contributed by atoms with Gasteiger partial charge in [0.2, 0.25) is 5.12 Å². The second-order valence-electron chi connectivity index (χ2n) is 3.41. The van der Waals surface area contributed by atoms with Gasteiger partial charge in [-0.05, 0) is 31.7 Å². The highest BCUT2D eigenvalue weighted by atomic mass is 32.2. The molecule has 0 atom stereocenters. The molecule has 2 aromatic rings. The zero-order chi connectivity index (χ0) is 12.3.